The fraction of sp³-hybridized carbons (Fsp3) is 0.455. The smallest absolute Gasteiger partial charge is 0.0227 e. The molecule has 200 valence electrons. The van der Waals surface area contributed by atoms with Crippen LogP contribution in [0.5, 0.6) is 0 Å². The van der Waals surface area contributed by atoms with Crippen LogP contribution < -0.4 is 5.32 Å². The summed E-state index contributed by atoms with van der Waals surface area (Å²) in [4.78, 5) is 2.19. The van der Waals surface area contributed by atoms with Crippen molar-refractivity contribution in [1.82, 2.24) is 10.2 Å². The van der Waals surface area contributed by atoms with Gasteiger partial charge in [0.1, 0.15) is 0 Å². The summed E-state index contributed by atoms with van der Waals surface area (Å²) in [6.45, 7) is 24.4. The largest absolute Gasteiger partial charge is 0.323 e. The normalized spacial score (nSPS) is 8.97. The molecule has 0 atom stereocenters. The van der Waals surface area contributed by atoms with Gasteiger partial charge in [-0.25, -0.2) is 0 Å². The van der Waals surface area contributed by atoms with Crippen molar-refractivity contribution in [2.45, 2.75) is 68.4 Å². The van der Waals surface area contributed by atoms with Crippen LogP contribution in [0.3, 0.4) is 0 Å². The molecular formula is C33H58N2. The maximum absolute atomic E-state index is 3.36. The van der Waals surface area contributed by atoms with Gasteiger partial charge in [-0.15, -0.1) is 0 Å². The van der Waals surface area contributed by atoms with Gasteiger partial charge < -0.3 is 10.2 Å². The molecule has 0 aliphatic rings. The molecule has 0 fully saturated rings. The number of hydrogen-bond donors (Lipinski definition) is 1. The van der Waals surface area contributed by atoms with Crippen LogP contribution in [0.4, 0.5) is 0 Å². The topological polar surface area (TPSA) is 15.3 Å². The first-order valence-electron chi connectivity index (χ1n) is 13.1. The van der Waals surface area contributed by atoms with Gasteiger partial charge in [0.15, 0.2) is 0 Å². The number of allylic oxidation sites excluding steroid dienone is 2. The molecule has 0 unspecified atom stereocenters. The van der Waals surface area contributed by atoms with Crippen LogP contribution in [0.15, 0.2) is 73.8 Å². The van der Waals surface area contributed by atoms with E-state index >= 15 is 0 Å². The Hall–Kier alpha value is -2.42. The number of benzene rings is 2. The lowest BCUT2D eigenvalue weighted by Crippen LogP contribution is -2.10. The zero-order chi connectivity index (χ0) is 28.1. The summed E-state index contributed by atoms with van der Waals surface area (Å²) in [7, 11) is 7.94. The molecule has 0 amide bonds. The molecule has 0 aliphatic heterocycles. The van der Waals surface area contributed by atoms with Gasteiger partial charge in [-0.3, -0.25) is 0 Å². The highest BCUT2D eigenvalue weighted by Gasteiger charge is 1.96. The van der Waals surface area contributed by atoms with E-state index in [4.69, 9.17) is 0 Å². The number of nitrogens with one attached hydrogen (secondary N) is 1. The highest BCUT2D eigenvalue weighted by Crippen LogP contribution is 2.12. The summed E-state index contributed by atoms with van der Waals surface area (Å²) in [5, 5.41) is 2.75. The SMILES string of the molecule is C=CC=C.CC.CC.CC(C)C.CCc1ccc(/C=C/c2cccc(CN(C)C)c2)cc1.CNC. The predicted molar refractivity (Wildman–Crippen MR) is 167 cm³/mol. The average Bonchev–Trinajstić information content (AvgIpc) is 2.86. The van der Waals surface area contributed by atoms with Crippen LogP contribution in [0.2, 0.25) is 0 Å². The van der Waals surface area contributed by atoms with Gasteiger partial charge in [0.05, 0.1) is 0 Å². The maximum atomic E-state index is 3.36. The van der Waals surface area contributed by atoms with Crippen LogP contribution in [0.25, 0.3) is 12.2 Å². The van der Waals surface area contributed by atoms with E-state index in [2.05, 4.69) is 126 Å². The Morgan fingerprint density at radius 3 is 1.57 bits per heavy atom. The summed E-state index contributed by atoms with van der Waals surface area (Å²) >= 11 is 0. The average molecular weight is 483 g/mol. The molecule has 0 saturated carbocycles. The summed E-state index contributed by atoms with van der Waals surface area (Å²) in [5.41, 5.74) is 5.23. The van der Waals surface area contributed by atoms with Crippen molar-refractivity contribution in [1.29, 1.82) is 0 Å². The van der Waals surface area contributed by atoms with Crippen LogP contribution in [-0.4, -0.2) is 33.1 Å². The second kappa shape index (κ2) is 31.6. The molecule has 0 aromatic heterocycles. The zero-order valence-electron chi connectivity index (χ0n) is 25.3. The minimum Gasteiger partial charge on any atom is -0.323 e. The van der Waals surface area contributed by atoms with Crippen molar-refractivity contribution in [2.24, 2.45) is 5.92 Å². The van der Waals surface area contributed by atoms with Gasteiger partial charge in [0, 0.05) is 6.54 Å². The van der Waals surface area contributed by atoms with Crippen molar-refractivity contribution < 1.29 is 0 Å². The number of hydrogen-bond acceptors (Lipinski definition) is 2. The standard InChI is InChI=1S/C19H23N.C4H10.C4H6.C2H7N.2C2H6/c1-4-16-8-10-17(11-9-16)12-13-18-6-5-7-19(14-18)15-20(2)3;1-4(2)3;1-3-4-2;1-3-2;2*1-2/h5-14H,4,15H2,1-3H3;4H,1-3H3;3-4H,1-2H2;3H,1-2H3;2*1-2H3/b13-12+;;;;;. The minimum atomic E-state index is 0.833. The third-order valence-corrected chi connectivity index (χ3v) is 3.47. The number of nitrogens with zero attached hydrogens (tertiary/aromatic N) is 1. The summed E-state index contributed by atoms with van der Waals surface area (Å²) in [5.74, 6) is 0.833. The van der Waals surface area contributed by atoms with E-state index in [9.17, 15) is 0 Å². The highest BCUT2D eigenvalue weighted by atomic mass is 15.0. The van der Waals surface area contributed by atoms with Gasteiger partial charge in [-0.2, -0.15) is 0 Å². The van der Waals surface area contributed by atoms with Crippen molar-refractivity contribution >= 4 is 12.2 Å². The molecule has 0 spiro atoms. The van der Waals surface area contributed by atoms with Gasteiger partial charge in [0.25, 0.3) is 0 Å². The van der Waals surface area contributed by atoms with Crippen LogP contribution in [0.1, 0.15) is 77.6 Å². The molecule has 2 aromatic carbocycles. The monoisotopic (exact) mass is 482 g/mol. The predicted octanol–water partition coefficient (Wildman–Crippen LogP) is 9.39. The van der Waals surface area contributed by atoms with Crippen molar-refractivity contribution in [3.05, 3.63) is 96.1 Å². The molecule has 1 N–H and O–H groups in total. The van der Waals surface area contributed by atoms with E-state index < -0.39 is 0 Å². The molecule has 0 saturated heterocycles. The maximum Gasteiger partial charge on any atom is 0.0227 e. The Balaban J connectivity index is -0.000000266. The fourth-order valence-corrected chi connectivity index (χ4v) is 2.22. The third kappa shape index (κ3) is 31.6. The Kier molecular flexibility index (Phi) is 35.9. The summed E-state index contributed by atoms with van der Waals surface area (Å²) < 4.78 is 0. The lowest BCUT2D eigenvalue weighted by molar-refractivity contribution is 0.402. The van der Waals surface area contributed by atoms with E-state index in [1.54, 1.807) is 12.2 Å². The number of rotatable bonds is 6. The molecular weight excluding hydrogens is 424 g/mol. The summed E-state index contributed by atoms with van der Waals surface area (Å²) in [6.07, 6.45) is 8.73. The van der Waals surface area contributed by atoms with Gasteiger partial charge >= 0.3 is 0 Å². The van der Waals surface area contributed by atoms with Crippen LogP contribution >= 0.6 is 0 Å². The molecule has 2 rings (SSSR count). The van der Waals surface area contributed by atoms with Crippen molar-refractivity contribution in [3.63, 3.8) is 0 Å². The molecule has 0 radical (unpaired) electrons. The summed E-state index contributed by atoms with van der Waals surface area (Å²) in [6, 6.07) is 17.4. The zero-order valence-corrected chi connectivity index (χ0v) is 25.3. The fourth-order valence-electron chi connectivity index (χ4n) is 2.22. The second-order valence-corrected chi connectivity index (χ2v) is 8.11. The first kappa shape index (κ1) is 39.8. The molecule has 2 nitrogen and oxygen atoms in total. The van der Waals surface area contributed by atoms with Crippen molar-refractivity contribution in [3.8, 4) is 0 Å². The Morgan fingerprint density at radius 2 is 1.20 bits per heavy atom. The molecule has 0 aliphatic carbocycles. The molecule has 0 heterocycles. The van der Waals surface area contributed by atoms with Gasteiger partial charge in [-0.1, -0.05) is 141 Å². The third-order valence-electron chi connectivity index (χ3n) is 3.47. The lowest BCUT2D eigenvalue weighted by atomic mass is 10.1. The lowest BCUT2D eigenvalue weighted by Gasteiger charge is -2.09. The molecule has 0 bridgehead atoms. The van der Waals surface area contributed by atoms with E-state index in [-0.39, 0.29) is 0 Å². The number of aryl methyl sites for hydroxylation is 1. The van der Waals surface area contributed by atoms with E-state index in [0.717, 1.165) is 18.9 Å². The first-order chi connectivity index (χ1) is 16.7. The quantitative estimate of drug-likeness (QED) is 0.326. The van der Waals surface area contributed by atoms with E-state index in [0.29, 0.717) is 0 Å². The molecule has 2 aromatic rings. The first-order valence-corrected chi connectivity index (χ1v) is 13.1. The Bertz CT molecular complexity index is 701. The molecule has 35 heavy (non-hydrogen) atoms. The second-order valence-electron chi connectivity index (χ2n) is 8.11. The van der Waals surface area contributed by atoms with E-state index in [1.807, 2.05) is 41.8 Å². The van der Waals surface area contributed by atoms with Crippen LogP contribution in [-0.2, 0) is 13.0 Å². The van der Waals surface area contributed by atoms with Crippen LogP contribution in [0, 0.1) is 5.92 Å². The molecule has 2 heteroatoms. The van der Waals surface area contributed by atoms with E-state index in [1.165, 1.54) is 22.3 Å². The van der Waals surface area contributed by atoms with Gasteiger partial charge in [0.2, 0.25) is 0 Å². The Labute approximate surface area is 220 Å². The minimum absolute atomic E-state index is 0.833. The van der Waals surface area contributed by atoms with Gasteiger partial charge in [-0.05, 0) is 62.8 Å². The highest BCUT2D eigenvalue weighted by molar-refractivity contribution is 5.69. The van der Waals surface area contributed by atoms with Crippen molar-refractivity contribution in [2.75, 3.05) is 28.2 Å². The Morgan fingerprint density at radius 1 is 0.771 bits per heavy atom.